The Morgan fingerprint density at radius 1 is 1.42 bits per heavy atom. The first kappa shape index (κ1) is 19.2. The van der Waals surface area contributed by atoms with Gasteiger partial charge >= 0.3 is 0 Å². The van der Waals surface area contributed by atoms with Crippen molar-refractivity contribution < 1.29 is 0 Å². The lowest BCUT2D eigenvalue weighted by atomic mass is 9.92. The van der Waals surface area contributed by atoms with Gasteiger partial charge in [-0.2, -0.15) is 0 Å². The molecular weight excluding hydrogens is 318 g/mol. The number of nitrogens with zero attached hydrogens (tertiary/aromatic N) is 4. The molecule has 1 N–H and O–H groups in total. The lowest BCUT2D eigenvalue weighted by Gasteiger charge is -2.34. The Morgan fingerprint density at radius 3 is 2.71 bits per heavy atom. The van der Waals surface area contributed by atoms with E-state index in [1.807, 2.05) is 6.92 Å². The monoisotopic (exact) mass is 351 g/mol. The Kier molecular flexibility index (Phi) is 7.49. The van der Waals surface area contributed by atoms with Gasteiger partial charge < -0.3 is 15.1 Å². The van der Waals surface area contributed by atoms with E-state index in [1.165, 1.54) is 19.5 Å². The third kappa shape index (κ3) is 6.06. The molecule has 0 amide bonds. The molecule has 0 saturated carbocycles. The van der Waals surface area contributed by atoms with Gasteiger partial charge in [-0.3, -0.25) is 4.99 Å². The lowest BCUT2D eigenvalue weighted by Crippen LogP contribution is -2.41. The largest absolute Gasteiger partial charge is 0.357 e. The number of guanidine groups is 1. The number of rotatable bonds is 6. The number of aliphatic imine (C=N–C) groups is 1. The maximum Gasteiger partial charge on any atom is 0.194 e. The van der Waals surface area contributed by atoms with Crippen LogP contribution >= 0.6 is 11.3 Å². The van der Waals surface area contributed by atoms with E-state index >= 15 is 0 Å². The van der Waals surface area contributed by atoms with Gasteiger partial charge in [0, 0.05) is 38.6 Å². The van der Waals surface area contributed by atoms with Crippen molar-refractivity contribution in [2.24, 2.45) is 16.8 Å². The summed E-state index contributed by atoms with van der Waals surface area (Å²) in [6, 6.07) is 0. The van der Waals surface area contributed by atoms with Crippen LogP contribution in [0.3, 0.4) is 0 Å². The zero-order chi connectivity index (χ0) is 17.5. The second kappa shape index (κ2) is 9.37. The van der Waals surface area contributed by atoms with E-state index < -0.39 is 0 Å². The molecule has 6 heteroatoms. The van der Waals surface area contributed by atoms with Gasteiger partial charge in [-0.25, -0.2) is 4.98 Å². The van der Waals surface area contributed by atoms with Crippen molar-refractivity contribution in [2.45, 2.75) is 40.7 Å². The number of aromatic nitrogens is 1. The summed E-state index contributed by atoms with van der Waals surface area (Å²) in [7, 11) is 2.08. The van der Waals surface area contributed by atoms with E-state index in [1.54, 1.807) is 11.3 Å². The number of hydrogen-bond donors (Lipinski definition) is 1. The van der Waals surface area contributed by atoms with E-state index in [2.05, 4.69) is 53.3 Å². The molecule has 1 aromatic heterocycles. The SMILES string of the molecule is CCNC(=NCCN1CC(C)CC(C)C1)N(C)Cc1csc(C)n1. The summed E-state index contributed by atoms with van der Waals surface area (Å²) in [5, 5.41) is 6.65. The minimum absolute atomic E-state index is 0.800. The summed E-state index contributed by atoms with van der Waals surface area (Å²) in [6.07, 6.45) is 1.36. The fraction of sp³-hybridized carbons (Fsp3) is 0.778. The molecule has 5 nitrogen and oxygen atoms in total. The summed E-state index contributed by atoms with van der Waals surface area (Å²) in [5.41, 5.74) is 1.12. The Bertz CT molecular complexity index is 517. The maximum atomic E-state index is 4.83. The molecule has 1 fully saturated rings. The molecule has 2 atom stereocenters. The predicted octanol–water partition coefficient (Wildman–Crippen LogP) is 2.83. The van der Waals surface area contributed by atoms with Crippen LogP contribution in [0, 0.1) is 18.8 Å². The Morgan fingerprint density at radius 2 is 2.12 bits per heavy atom. The first-order valence-electron chi connectivity index (χ1n) is 9.10. The minimum Gasteiger partial charge on any atom is -0.357 e. The Balaban J connectivity index is 1.87. The highest BCUT2D eigenvalue weighted by atomic mass is 32.1. The quantitative estimate of drug-likeness (QED) is 0.632. The van der Waals surface area contributed by atoms with E-state index in [4.69, 9.17) is 4.99 Å². The molecule has 2 unspecified atom stereocenters. The van der Waals surface area contributed by atoms with Crippen LogP contribution in [0.5, 0.6) is 0 Å². The van der Waals surface area contributed by atoms with Gasteiger partial charge in [0.1, 0.15) is 0 Å². The van der Waals surface area contributed by atoms with E-state index in [0.717, 1.165) is 54.7 Å². The van der Waals surface area contributed by atoms with Gasteiger partial charge in [-0.1, -0.05) is 13.8 Å². The average molecular weight is 352 g/mol. The summed E-state index contributed by atoms with van der Waals surface area (Å²) < 4.78 is 0. The van der Waals surface area contributed by atoms with E-state index in [0.29, 0.717) is 0 Å². The van der Waals surface area contributed by atoms with Crippen molar-refractivity contribution in [2.75, 3.05) is 39.8 Å². The molecule has 0 aromatic carbocycles. The number of nitrogens with one attached hydrogen (secondary N) is 1. The molecule has 0 aliphatic carbocycles. The van der Waals surface area contributed by atoms with E-state index in [9.17, 15) is 0 Å². The molecule has 1 aromatic rings. The third-order valence-corrected chi connectivity index (χ3v) is 5.21. The molecule has 0 spiro atoms. The molecule has 2 rings (SSSR count). The second-order valence-electron chi connectivity index (χ2n) is 7.16. The highest BCUT2D eigenvalue weighted by molar-refractivity contribution is 7.09. The highest BCUT2D eigenvalue weighted by Crippen LogP contribution is 2.20. The van der Waals surface area contributed by atoms with Gasteiger partial charge in [-0.05, 0) is 32.1 Å². The topological polar surface area (TPSA) is 43.8 Å². The number of thiazole rings is 1. The zero-order valence-corrected chi connectivity index (χ0v) is 16.7. The minimum atomic E-state index is 0.800. The normalized spacial score (nSPS) is 22.6. The van der Waals surface area contributed by atoms with Crippen molar-refractivity contribution >= 4 is 17.3 Å². The fourth-order valence-corrected chi connectivity index (χ4v) is 4.14. The molecule has 24 heavy (non-hydrogen) atoms. The number of piperidine rings is 1. The summed E-state index contributed by atoms with van der Waals surface area (Å²) in [5.74, 6) is 2.59. The highest BCUT2D eigenvalue weighted by Gasteiger charge is 2.21. The molecule has 136 valence electrons. The number of aryl methyl sites for hydroxylation is 1. The van der Waals surface area contributed by atoms with Crippen molar-refractivity contribution in [3.63, 3.8) is 0 Å². The predicted molar refractivity (Wildman–Crippen MR) is 104 cm³/mol. The van der Waals surface area contributed by atoms with Crippen LogP contribution in [0.15, 0.2) is 10.4 Å². The van der Waals surface area contributed by atoms with Crippen molar-refractivity contribution in [3.05, 3.63) is 16.1 Å². The molecular formula is C18H33N5S. The zero-order valence-electron chi connectivity index (χ0n) is 15.9. The standard InChI is InChI=1S/C18H33N5S/c1-6-19-18(22(5)12-17-13-24-16(4)21-17)20-7-8-23-10-14(2)9-15(3)11-23/h13-15H,6-12H2,1-5H3,(H,19,20). The molecule has 2 heterocycles. The van der Waals surface area contributed by atoms with Gasteiger partial charge in [0.05, 0.1) is 23.8 Å². The van der Waals surface area contributed by atoms with Gasteiger partial charge in [0.25, 0.3) is 0 Å². The first-order valence-corrected chi connectivity index (χ1v) is 9.98. The summed E-state index contributed by atoms with van der Waals surface area (Å²) in [6.45, 7) is 14.9. The van der Waals surface area contributed by atoms with Crippen LogP contribution in [-0.2, 0) is 6.54 Å². The van der Waals surface area contributed by atoms with Crippen LogP contribution in [0.25, 0.3) is 0 Å². The molecule has 1 aliphatic rings. The van der Waals surface area contributed by atoms with Gasteiger partial charge in [0.15, 0.2) is 5.96 Å². The maximum absolute atomic E-state index is 4.83. The molecule has 0 radical (unpaired) electrons. The number of likely N-dealkylation sites (tertiary alicyclic amines) is 1. The molecule has 1 aliphatic heterocycles. The smallest absolute Gasteiger partial charge is 0.194 e. The Hall–Kier alpha value is -1.14. The van der Waals surface area contributed by atoms with Crippen LogP contribution < -0.4 is 5.32 Å². The van der Waals surface area contributed by atoms with Crippen LogP contribution in [0.1, 0.15) is 37.9 Å². The Labute approximate surface area is 151 Å². The van der Waals surface area contributed by atoms with Crippen molar-refractivity contribution in [3.8, 4) is 0 Å². The van der Waals surface area contributed by atoms with Gasteiger partial charge in [-0.15, -0.1) is 11.3 Å². The first-order chi connectivity index (χ1) is 11.5. The summed E-state index contributed by atoms with van der Waals surface area (Å²) >= 11 is 1.70. The van der Waals surface area contributed by atoms with E-state index in [-0.39, 0.29) is 0 Å². The molecule has 0 bridgehead atoms. The average Bonchev–Trinajstić information content (AvgIpc) is 2.90. The van der Waals surface area contributed by atoms with Crippen LogP contribution in [-0.4, -0.2) is 60.5 Å². The fourth-order valence-electron chi connectivity index (χ4n) is 3.54. The van der Waals surface area contributed by atoms with Gasteiger partial charge in [0.2, 0.25) is 0 Å². The number of hydrogen-bond acceptors (Lipinski definition) is 4. The van der Waals surface area contributed by atoms with Crippen LogP contribution in [0.4, 0.5) is 0 Å². The summed E-state index contributed by atoms with van der Waals surface area (Å²) in [4.78, 5) is 14.1. The van der Waals surface area contributed by atoms with Crippen molar-refractivity contribution in [1.29, 1.82) is 0 Å². The molecule has 1 saturated heterocycles. The lowest BCUT2D eigenvalue weighted by molar-refractivity contribution is 0.145. The third-order valence-electron chi connectivity index (χ3n) is 4.38. The van der Waals surface area contributed by atoms with Crippen LogP contribution in [0.2, 0.25) is 0 Å². The van der Waals surface area contributed by atoms with Crippen molar-refractivity contribution in [1.82, 2.24) is 20.1 Å². The second-order valence-corrected chi connectivity index (χ2v) is 8.22.